The number of nitrogens with one attached hydrogen (secondary N) is 1. The molecule has 1 N–H and O–H groups in total. The van der Waals surface area contributed by atoms with Crippen molar-refractivity contribution in [1.82, 2.24) is 10.2 Å². The van der Waals surface area contributed by atoms with E-state index in [4.69, 9.17) is 0 Å². The number of piperazine rings is 1. The first-order valence-corrected chi connectivity index (χ1v) is 6.76. The number of benzene rings is 1. The Hall–Kier alpha value is -0.490. The van der Waals surface area contributed by atoms with Gasteiger partial charge in [0.2, 0.25) is 0 Å². The molecule has 1 aromatic carbocycles. The quantitative estimate of drug-likeness (QED) is 0.848. The van der Waals surface area contributed by atoms with Crippen LogP contribution in [0, 0.1) is 23.4 Å². The maximum absolute atomic E-state index is 13.4. The zero-order valence-corrected chi connectivity index (χ0v) is 13.1. The normalized spacial score (nSPS) is 20.3. The Labute approximate surface area is 134 Å². The van der Waals surface area contributed by atoms with Gasteiger partial charge in [-0.1, -0.05) is 0 Å². The first-order valence-electron chi connectivity index (χ1n) is 6.76. The SMILES string of the molecule is Cl.Cl.Fc1cc([C@H](C2CC2)N2CCNCC2)cc(F)c1F. The molecule has 2 fully saturated rings. The van der Waals surface area contributed by atoms with Crippen molar-refractivity contribution in [3.63, 3.8) is 0 Å². The summed E-state index contributed by atoms with van der Waals surface area (Å²) in [6.45, 7) is 3.49. The molecule has 0 radical (unpaired) electrons. The van der Waals surface area contributed by atoms with Crippen molar-refractivity contribution in [2.75, 3.05) is 26.2 Å². The van der Waals surface area contributed by atoms with E-state index in [-0.39, 0.29) is 30.9 Å². The lowest BCUT2D eigenvalue weighted by molar-refractivity contribution is 0.155. The van der Waals surface area contributed by atoms with Gasteiger partial charge in [-0.15, -0.1) is 24.8 Å². The first-order chi connectivity index (χ1) is 9.16. The van der Waals surface area contributed by atoms with Crippen LogP contribution in [-0.2, 0) is 0 Å². The summed E-state index contributed by atoms with van der Waals surface area (Å²) in [5.74, 6) is -3.10. The van der Waals surface area contributed by atoms with Crippen LogP contribution in [0.5, 0.6) is 0 Å². The van der Waals surface area contributed by atoms with Crippen molar-refractivity contribution < 1.29 is 13.2 Å². The summed E-state index contributed by atoms with van der Waals surface area (Å²) in [5, 5.41) is 3.26. The summed E-state index contributed by atoms with van der Waals surface area (Å²) < 4.78 is 39.9. The Kier molecular flexibility index (Phi) is 6.78. The van der Waals surface area contributed by atoms with Crippen molar-refractivity contribution in [2.24, 2.45) is 5.92 Å². The molecule has 0 spiro atoms. The Bertz CT molecular complexity index is 454. The maximum Gasteiger partial charge on any atom is 0.194 e. The molecule has 2 aliphatic rings. The fraction of sp³-hybridized carbons (Fsp3) is 0.571. The molecule has 2 nitrogen and oxygen atoms in total. The Balaban J connectivity index is 0.00000110. The van der Waals surface area contributed by atoms with Crippen LogP contribution >= 0.6 is 24.8 Å². The molecule has 7 heteroatoms. The summed E-state index contributed by atoms with van der Waals surface area (Å²) in [4.78, 5) is 2.25. The van der Waals surface area contributed by atoms with E-state index >= 15 is 0 Å². The number of nitrogens with zero attached hydrogens (tertiary/aromatic N) is 1. The van der Waals surface area contributed by atoms with Crippen LogP contribution in [0.3, 0.4) is 0 Å². The van der Waals surface area contributed by atoms with E-state index in [1.165, 1.54) is 0 Å². The molecule has 0 amide bonds. The fourth-order valence-electron chi connectivity index (χ4n) is 2.90. The van der Waals surface area contributed by atoms with Crippen molar-refractivity contribution in [1.29, 1.82) is 0 Å². The summed E-state index contributed by atoms with van der Waals surface area (Å²) in [5.41, 5.74) is 0.570. The Morgan fingerprint density at radius 3 is 2.00 bits per heavy atom. The van der Waals surface area contributed by atoms with E-state index in [0.717, 1.165) is 51.2 Å². The van der Waals surface area contributed by atoms with Crippen LogP contribution in [0.4, 0.5) is 13.2 Å². The van der Waals surface area contributed by atoms with Crippen molar-refractivity contribution in [3.05, 3.63) is 35.1 Å². The molecular formula is C14H19Cl2F3N2. The van der Waals surface area contributed by atoms with Gasteiger partial charge in [-0.25, -0.2) is 13.2 Å². The lowest BCUT2D eigenvalue weighted by Crippen LogP contribution is -2.45. The van der Waals surface area contributed by atoms with E-state index in [9.17, 15) is 13.2 Å². The minimum absolute atomic E-state index is 0. The average molecular weight is 343 g/mol. The zero-order chi connectivity index (χ0) is 13.4. The third-order valence-corrected chi connectivity index (χ3v) is 3.96. The highest BCUT2D eigenvalue weighted by atomic mass is 35.5. The van der Waals surface area contributed by atoms with Crippen LogP contribution in [0.15, 0.2) is 12.1 Å². The third kappa shape index (κ3) is 4.03. The molecule has 0 aromatic heterocycles. The van der Waals surface area contributed by atoms with Gasteiger partial charge in [0.05, 0.1) is 0 Å². The van der Waals surface area contributed by atoms with Crippen LogP contribution in [0.25, 0.3) is 0 Å². The van der Waals surface area contributed by atoms with Crippen molar-refractivity contribution in [3.8, 4) is 0 Å². The van der Waals surface area contributed by atoms with Crippen LogP contribution in [-0.4, -0.2) is 31.1 Å². The van der Waals surface area contributed by atoms with Gasteiger partial charge in [-0.2, -0.15) is 0 Å². The number of hydrogen-bond acceptors (Lipinski definition) is 2. The van der Waals surface area contributed by atoms with Crippen LogP contribution in [0.2, 0.25) is 0 Å². The predicted octanol–water partition coefficient (Wildman–Crippen LogP) is 3.30. The molecule has 1 saturated heterocycles. The highest BCUT2D eigenvalue weighted by Gasteiger charge is 2.37. The summed E-state index contributed by atoms with van der Waals surface area (Å²) >= 11 is 0. The number of halogens is 5. The standard InChI is InChI=1S/C14H17F3N2.2ClH/c15-11-7-10(8-12(16)13(11)17)14(9-1-2-9)19-5-3-18-4-6-19;;/h7-9,14,18H,1-6H2;2*1H/t14-;;/m0../s1. The number of rotatable bonds is 3. The van der Waals surface area contributed by atoms with E-state index < -0.39 is 17.5 Å². The monoisotopic (exact) mass is 342 g/mol. The Morgan fingerprint density at radius 1 is 1.00 bits per heavy atom. The first kappa shape index (κ1) is 18.6. The van der Waals surface area contributed by atoms with Gasteiger partial charge in [-0.3, -0.25) is 4.90 Å². The summed E-state index contributed by atoms with van der Waals surface area (Å²) in [7, 11) is 0. The van der Waals surface area contributed by atoms with Gasteiger partial charge in [0.15, 0.2) is 17.5 Å². The fourth-order valence-corrected chi connectivity index (χ4v) is 2.90. The van der Waals surface area contributed by atoms with E-state index in [2.05, 4.69) is 10.2 Å². The van der Waals surface area contributed by atoms with Gasteiger partial charge in [0.25, 0.3) is 0 Å². The number of hydrogen-bond donors (Lipinski definition) is 1. The predicted molar refractivity (Wildman–Crippen MR) is 80.7 cm³/mol. The molecule has 0 bridgehead atoms. The molecule has 3 rings (SSSR count). The highest BCUT2D eigenvalue weighted by molar-refractivity contribution is 5.85. The molecule has 1 aromatic rings. The second kappa shape index (κ2) is 7.68. The smallest absolute Gasteiger partial charge is 0.194 e. The lowest BCUT2D eigenvalue weighted by Gasteiger charge is -2.35. The summed E-state index contributed by atoms with van der Waals surface area (Å²) in [6.07, 6.45) is 2.16. The van der Waals surface area contributed by atoms with Crippen molar-refractivity contribution in [2.45, 2.75) is 18.9 Å². The van der Waals surface area contributed by atoms with Gasteiger partial charge >= 0.3 is 0 Å². The zero-order valence-electron chi connectivity index (χ0n) is 11.4. The van der Waals surface area contributed by atoms with Gasteiger partial charge in [-0.05, 0) is 36.5 Å². The molecule has 1 saturated carbocycles. The second-order valence-electron chi connectivity index (χ2n) is 5.37. The average Bonchev–Trinajstić information content (AvgIpc) is 3.22. The molecule has 21 heavy (non-hydrogen) atoms. The van der Waals surface area contributed by atoms with Gasteiger partial charge in [0, 0.05) is 32.2 Å². The second-order valence-corrected chi connectivity index (χ2v) is 5.37. The van der Waals surface area contributed by atoms with E-state index in [1.54, 1.807) is 0 Å². The molecule has 120 valence electrons. The minimum Gasteiger partial charge on any atom is -0.314 e. The molecule has 1 aliphatic carbocycles. The van der Waals surface area contributed by atoms with Crippen LogP contribution < -0.4 is 5.32 Å². The van der Waals surface area contributed by atoms with Crippen LogP contribution in [0.1, 0.15) is 24.4 Å². The van der Waals surface area contributed by atoms with Gasteiger partial charge < -0.3 is 5.32 Å². The molecular weight excluding hydrogens is 324 g/mol. The highest BCUT2D eigenvalue weighted by Crippen LogP contribution is 2.45. The summed E-state index contributed by atoms with van der Waals surface area (Å²) in [6, 6.07) is 2.33. The Morgan fingerprint density at radius 2 is 1.52 bits per heavy atom. The largest absolute Gasteiger partial charge is 0.314 e. The lowest BCUT2D eigenvalue weighted by atomic mass is 9.99. The van der Waals surface area contributed by atoms with Crippen molar-refractivity contribution >= 4 is 24.8 Å². The molecule has 1 atom stereocenters. The minimum atomic E-state index is -1.38. The van der Waals surface area contributed by atoms with E-state index in [1.807, 2.05) is 0 Å². The molecule has 0 unspecified atom stereocenters. The third-order valence-electron chi connectivity index (χ3n) is 3.96. The topological polar surface area (TPSA) is 15.3 Å². The van der Waals surface area contributed by atoms with Gasteiger partial charge in [0.1, 0.15) is 0 Å². The maximum atomic E-state index is 13.4. The molecule has 1 aliphatic heterocycles. The molecule has 1 heterocycles. The van der Waals surface area contributed by atoms with E-state index in [0.29, 0.717) is 11.5 Å².